The van der Waals surface area contributed by atoms with Crippen molar-refractivity contribution in [2.24, 2.45) is 0 Å². The first-order valence-corrected chi connectivity index (χ1v) is 7.89. The number of ether oxygens (including phenoxy) is 1. The van der Waals surface area contributed by atoms with Crippen molar-refractivity contribution in [3.63, 3.8) is 0 Å². The maximum atomic E-state index is 12.3. The number of nitrogens with zero attached hydrogens (tertiary/aromatic N) is 2. The van der Waals surface area contributed by atoms with Gasteiger partial charge in [-0.2, -0.15) is 5.10 Å². The van der Waals surface area contributed by atoms with Crippen molar-refractivity contribution in [1.29, 1.82) is 0 Å². The normalized spacial score (nSPS) is 17.7. The average Bonchev–Trinajstić information content (AvgIpc) is 3.06. The Hall–Kier alpha value is -2.34. The molecule has 23 heavy (non-hydrogen) atoms. The van der Waals surface area contributed by atoms with Gasteiger partial charge in [0.25, 0.3) is 5.91 Å². The molecule has 6 heteroatoms. The molecule has 0 radical (unpaired) electrons. The Morgan fingerprint density at radius 2 is 2.30 bits per heavy atom. The number of carbonyl (C=O) groups is 1. The highest BCUT2D eigenvalue weighted by Gasteiger charge is 2.18. The number of methoxy groups -OCH3 is 1. The van der Waals surface area contributed by atoms with Gasteiger partial charge in [0.15, 0.2) is 5.69 Å². The van der Waals surface area contributed by atoms with Crippen molar-refractivity contribution >= 4 is 5.91 Å². The third kappa shape index (κ3) is 3.53. The summed E-state index contributed by atoms with van der Waals surface area (Å²) in [6, 6.07) is 7.77. The molecule has 122 valence electrons. The number of aromatic nitrogens is 2. The molecule has 1 aromatic carbocycles. The molecule has 2 aromatic rings. The Bertz CT molecular complexity index is 690. The smallest absolute Gasteiger partial charge is 0.272 e. The van der Waals surface area contributed by atoms with E-state index in [0.717, 1.165) is 42.9 Å². The van der Waals surface area contributed by atoms with Crippen LogP contribution in [0.1, 0.15) is 28.9 Å². The summed E-state index contributed by atoms with van der Waals surface area (Å²) < 4.78 is 7.06. The number of nitrogens with one attached hydrogen (secondary N) is 2. The van der Waals surface area contributed by atoms with Gasteiger partial charge in [-0.3, -0.25) is 4.79 Å². The van der Waals surface area contributed by atoms with E-state index >= 15 is 0 Å². The SMILES string of the molecule is COc1ccc(C)cc1-n1ccc(C(=O)N[C@H]2CCCNC2)n1. The first-order chi connectivity index (χ1) is 11.2. The van der Waals surface area contributed by atoms with E-state index in [2.05, 4.69) is 15.7 Å². The number of rotatable bonds is 4. The summed E-state index contributed by atoms with van der Waals surface area (Å²) in [6.07, 6.45) is 3.87. The van der Waals surface area contributed by atoms with Crippen LogP contribution in [0.4, 0.5) is 0 Å². The fourth-order valence-electron chi connectivity index (χ4n) is 2.79. The van der Waals surface area contributed by atoms with Crippen molar-refractivity contribution in [2.75, 3.05) is 20.2 Å². The Kier molecular flexibility index (Phi) is 4.62. The zero-order valence-corrected chi connectivity index (χ0v) is 13.5. The maximum Gasteiger partial charge on any atom is 0.272 e. The Morgan fingerprint density at radius 1 is 1.43 bits per heavy atom. The molecule has 1 aliphatic heterocycles. The van der Waals surface area contributed by atoms with E-state index in [1.54, 1.807) is 24.1 Å². The van der Waals surface area contributed by atoms with Gasteiger partial charge in [0.05, 0.1) is 7.11 Å². The molecular formula is C17H22N4O2. The Balaban J connectivity index is 1.77. The Morgan fingerprint density at radius 3 is 3.04 bits per heavy atom. The van der Waals surface area contributed by atoms with Crippen LogP contribution in [0.5, 0.6) is 5.75 Å². The largest absolute Gasteiger partial charge is 0.494 e. The molecule has 1 amide bonds. The molecule has 1 saturated heterocycles. The molecule has 0 aliphatic carbocycles. The van der Waals surface area contributed by atoms with Gasteiger partial charge in [-0.15, -0.1) is 0 Å². The van der Waals surface area contributed by atoms with Crippen molar-refractivity contribution in [3.05, 3.63) is 41.7 Å². The zero-order valence-electron chi connectivity index (χ0n) is 13.5. The molecule has 3 rings (SSSR count). The number of piperidine rings is 1. The minimum Gasteiger partial charge on any atom is -0.494 e. The summed E-state index contributed by atoms with van der Waals surface area (Å²) in [7, 11) is 1.63. The predicted octanol–water partition coefficient (Wildman–Crippen LogP) is 1.67. The predicted molar refractivity (Wildman–Crippen MR) is 88.2 cm³/mol. The van der Waals surface area contributed by atoms with Gasteiger partial charge in [0.1, 0.15) is 11.4 Å². The number of benzene rings is 1. The van der Waals surface area contributed by atoms with Gasteiger partial charge < -0.3 is 15.4 Å². The monoisotopic (exact) mass is 314 g/mol. The maximum absolute atomic E-state index is 12.3. The molecule has 6 nitrogen and oxygen atoms in total. The number of hydrogen-bond acceptors (Lipinski definition) is 4. The summed E-state index contributed by atoms with van der Waals surface area (Å²) in [5.74, 6) is 0.589. The van der Waals surface area contributed by atoms with Gasteiger partial charge in [-0.1, -0.05) is 6.07 Å². The van der Waals surface area contributed by atoms with E-state index < -0.39 is 0 Å². The van der Waals surface area contributed by atoms with Crippen LogP contribution >= 0.6 is 0 Å². The fraction of sp³-hybridized carbons (Fsp3) is 0.412. The first kappa shape index (κ1) is 15.6. The van der Waals surface area contributed by atoms with Crippen LogP contribution in [0, 0.1) is 6.92 Å². The van der Waals surface area contributed by atoms with Gasteiger partial charge >= 0.3 is 0 Å². The van der Waals surface area contributed by atoms with Gasteiger partial charge in [-0.25, -0.2) is 4.68 Å². The highest BCUT2D eigenvalue weighted by atomic mass is 16.5. The van der Waals surface area contributed by atoms with Crippen LogP contribution in [0.25, 0.3) is 5.69 Å². The number of carbonyl (C=O) groups excluding carboxylic acids is 1. The second-order valence-corrected chi connectivity index (χ2v) is 5.84. The topological polar surface area (TPSA) is 68.2 Å². The third-order valence-corrected chi connectivity index (χ3v) is 4.03. The van der Waals surface area contributed by atoms with Gasteiger partial charge in [0.2, 0.25) is 0 Å². The molecule has 0 bridgehead atoms. The van der Waals surface area contributed by atoms with Crippen LogP contribution in [-0.4, -0.2) is 41.9 Å². The summed E-state index contributed by atoms with van der Waals surface area (Å²) in [6.45, 7) is 3.85. The lowest BCUT2D eigenvalue weighted by molar-refractivity contribution is 0.0925. The highest BCUT2D eigenvalue weighted by molar-refractivity contribution is 5.92. The van der Waals surface area contributed by atoms with Crippen LogP contribution in [0.3, 0.4) is 0 Å². The minimum absolute atomic E-state index is 0.135. The summed E-state index contributed by atoms with van der Waals surface area (Å²) in [4.78, 5) is 12.3. The van der Waals surface area contributed by atoms with Crippen molar-refractivity contribution < 1.29 is 9.53 Å². The number of amides is 1. The molecule has 0 spiro atoms. The lowest BCUT2D eigenvalue weighted by Crippen LogP contribution is -2.45. The van der Waals surface area contributed by atoms with Crippen LogP contribution in [0.2, 0.25) is 0 Å². The summed E-state index contributed by atoms with van der Waals surface area (Å²) in [5, 5.41) is 10.7. The molecule has 2 N–H and O–H groups in total. The lowest BCUT2D eigenvalue weighted by Gasteiger charge is -2.23. The second-order valence-electron chi connectivity index (χ2n) is 5.84. The molecule has 1 atom stereocenters. The molecule has 2 heterocycles. The highest BCUT2D eigenvalue weighted by Crippen LogP contribution is 2.23. The van der Waals surface area contributed by atoms with Crippen LogP contribution in [-0.2, 0) is 0 Å². The fourth-order valence-corrected chi connectivity index (χ4v) is 2.79. The summed E-state index contributed by atoms with van der Waals surface area (Å²) >= 11 is 0. The average molecular weight is 314 g/mol. The standard InChI is InChI=1S/C17H22N4O2/c1-12-5-6-16(23-2)15(10-12)21-9-7-14(20-21)17(22)19-13-4-3-8-18-11-13/h5-7,9-10,13,18H,3-4,8,11H2,1-2H3,(H,19,22)/t13-/m0/s1. The first-order valence-electron chi connectivity index (χ1n) is 7.89. The van der Waals surface area contributed by atoms with E-state index in [1.165, 1.54) is 0 Å². The second kappa shape index (κ2) is 6.83. The number of hydrogen-bond donors (Lipinski definition) is 2. The molecule has 1 aliphatic rings. The molecular weight excluding hydrogens is 292 g/mol. The minimum atomic E-state index is -0.135. The lowest BCUT2D eigenvalue weighted by atomic mass is 10.1. The van der Waals surface area contributed by atoms with Gasteiger partial charge in [-0.05, 0) is 50.1 Å². The third-order valence-electron chi connectivity index (χ3n) is 4.03. The quantitative estimate of drug-likeness (QED) is 0.901. The van der Waals surface area contributed by atoms with Crippen molar-refractivity contribution in [2.45, 2.75) is 25.8 Å². The zero-order chi connectivity index (χ0) is 16.2. The van der Waals surface area contributed by atoms with Crippen molar-refractivity contribution in [3.8, 4) is 11.4 Å². The van der Waals surface area contributed by atoms with Crippen LogP contribution in [0.15, 0.2) is 30.5 Å². The Labute approximate surface area is 135 Å². The number of aryl methyl sites for hydroxylation is 1. The summed E-state index contributed by atoms with van der Waals surface area (Å²) in [5.41, 5.74) is 2.35. The molecule has 0 unspecified atom stereocenters. The van der Waals surface area contributed by atoms with E-state index in [4.69, 9.17) is 4.74 Å². The van der Waals surface area contributed by atoms with Crippen LogP contribution < -0.4 is 15.4 Å². The van der Waals surface area contributed by atoms with E-state index in [9.17, 15) is 4.79 Å². The van der Waals surface area contributed by atoms with E-state index in [-0.39, 0.29) is 11.9 Å². The molecule has 0 saturated carbocycles. The molecule has 1 fully saturated rings. The van der Waals surface area contributed by atoms with E-state index in [1.807, 2.05) is 25.1 Å². The molecule has 1 aromatic heterocycles. The van der Waals surface area contributed by atoms with Crippen molar-refractivity contribution in [1.82, 2.24) is 20.4 Å². The van der Waals surface area contributed by atoms with Gasteiger partial charge in [0, 0.05) is 18.8 Å². The van der Waals surface area contributed by atoms with E-state index in [0.29, 0.717) is 5.69 Å².